The number of nitrogens with one attached hydrogen (secondary N) is 1. The lowest BCUT2D eigenvalue weighted by Crippen LogP contribution is -2.25. The van der Waals surface area contributed by atoms with Crippen LogP contribution in [0.4, 0.5) is 5.69 Å². The maximum absolute atomic E-state index is 13.6. The van der Waals surface area contributed by atoms with Crippen molar-refractivity contribution in [2.24, 2.45) is 0 Å². The van der Waals surface area contributed by atoms with E-state index in [-0.39, 0.29) is 24.6 Å². The summed E-state index contributed by atoms with van der Waals surface area (Å²) in [4.78, 5) is 31.2. The zero-order valence-electron chi connectivity index (χ0n) is 18.3. The van der Waals surface area contributed by atoms with Gasteiger partial charge in [0.15, 0.2) is 0 Å². The first-order valence-electron chi connectivity index (χ1n) is 10.7. The number of fused-ring (bicyclic) bond motifs is 3. The summed E-state index contributed by atoms with van der Waals surface area (Å²) in [6.45, 7) is 2.21. The number of aromatic nitrogens is 3. The summed E-state index contributed by atoms with van der Waals surface area (Å²) in [6, 6.07) is 20.1. The lowest BCUT2D eigenvalue weighted by atomic mass is 10.1. The van der Waals surface area contributed by atoms with Gasteiger partial charge in [-0.3, -0.25) is 14.2 Å². The Hall–Kier alpha value is -3.61. The van der Waals surface area contributed by atoms with Crippen LogP contribution in [0.25, 0.3) is 21.9 Å². The Labute approximate surface area is 205 Å². The van der Waals surface area contributed by atoms with Gasteiger partial charge in [-0.2, -0.15) is 0 Å². The SMILES string of the molecule is Cc1ccc2c(c1)c1ncn(Cc3ccccc3Cl)c(=O)c1n2CC(=O)Nc1ccc(Cl)cc1. The average molecular weight is 491 g/mol. The highest BCUT2D eigenvalue weighted by Gasteiger charge is 2.19. The summed E-state index contributed by atoms with van der Waals surface area (Å²) in [5.41, 5.74) is 3.95. The van der Waals surface area contributed by atoms with Crippen molar-refractivity contribution in [2.45, 2.75) is 20.0 Å². The molecule has 0 bridgehead atoms. The van der Waals surface area contributed by atoms with Crippen LogP contribution in [0.1, 0.15) is 11.1 Å². The molecular formula is C26H20Cl2N4O2. The molecule has 34 heavy (non-hydrogen) atoms. The molecule has 5 aromatic rings. The summed E-state index contributed by atoms with van der Waals surface area (Å²) in [6.07, 6.45) is 1.54. The molecule has 6 nitrogen and oxygen atoms in total. The number of carbonyl (C=O) groups is 1. The molecule has 0 aliphatic heterocycles. The summed E-state index contributed by atoms with van der Waals surface area (Å²) in [5, 5.41) is 4.86. The van der Waals surface area contributed by atoms with Gasteiger partial charge in [0.05, 0.1) is 18.4 Å². The van der Waals surface area contributed by atoms with E-state index in [1.54, 1.807) is 34.9 Å². The Morgan fingerprint density at radius 3 is 2.56 bits per heavy atom. The molecule has 0 radical (unpaired) electrons. The minimum atomic E-state index is -0.261. The van der Waals surface area contributed by atoms with E-state index >= 15 is 0 Å². The van der Waals surface area contributed by atoms with Crippen molar-refractivity contribution in [3.8, 4) is 0 Å². The molecule has 0 fully saturated rings. The van der Waals surface area contributed by atoms with Gasteiger partial charge in [-0.1, -0.05) is 53.0 Å². The lowest BCUT2D eigenvalue weighted by Gasteiger charge is -2.10. The minimum absolute atomic E-state index is 0.0429. The third-order valence-electron chi connectivity index (χ3n) is 5.71. The van der Waals surface area contributed by atoms with Crippen LogP contribution in [0.2, 0.25) is 10.0 Å². The van der Waals surface area contributed by atoms with E-state index in [0.29, 0.717) is 26.8 Å². The molecule has 0 unspecified atom stereocenters. The highest BCUT2D eigenvalue weighted by molar-refractivity contribution is 6.31. The van der Waals surface area contributed by atoms with E-state index in [1.807, 2.05) is 43.3 Å². The smallest absolute Gasteiger partial charge is 0.278 e. The largest absolute Gasteiger partial charge is 0.325 e. The van der Waals surface area contributed by atoms with Crippen molar-refractivity contribution >= 4 is 56.7 Å². The van der Waals surface area contributed by atoms with Crippen LogP contribution >= 0.6 is 23.2 Å². The van der Waals surface area contributed by atoms with Crippen LogP contribution in [0, 0.1) is 6.92 Å². The van der Waals surface area contributed by atoms with E-state index in [4.69, 9.17) is 23.2 Å². The van der Waals surface area contributed by atoms with Gasteiger partial charge >= 0.3 is 0 Å². The number of amides is 1. The first-order valence-corrected chi connectivity index (χ1v) is 11.4. The molecular weight excluding hydrogens is 471 g/mol. The quantitative estimate of drug-likeness (QED) is 0.345. The highest BCUT2D eigenvalue weighted by atomic mass is 35.5. The second kappa shape index (κ2) is 8.97. The number of hydrogen-bond donors (Lipinski definition) is 1. The zero-order valence-corrected chi connectivity index (χ0v) is 19.8. The Balaban J connectivity index is 1.61. The van der Waals surface area contributed by atoms with Crippen molar-refractivity contribution < 1.29 is 4.79 Å². The van der Waals surface area contributed by atoms with E-state index in [2.05, 4.69) is 10.3 Å². The third-order valence-corrected chi connectivity index (χ3v) is 6.33. The fourth-order valence-electron chi connectivity index (χ4n) is 4.08. The van der Waals surface area contributed by atoms with Crippen LogP contribution in [0.3, 0.4) is 0 Å². The number of halogens is 2. The Morgan fingerprint density at radius 1 is 1.03 bits per heavy atom. The Morgan fingerprint density at radius 2 is 1.79 bits per heavy atom. The molecule has 5 rings (SSSR count). The second-order valence-electron chi connectivity index (χ2n) is 8.13. The number of carbonyl (C=O) groups excluding carboxylic acids is 1. The fraction of sp³-hybridized carbons (Fsp3) is 0.115. The van der Waals surface area contributed by atoms with Gasteiger partial charge in [0, 0.05) is 21.1 Å². The van der Waals surface area contributed by atoms with Crippen molar-refractivity contribution in [1.29, 1.82) is 0 Å². The minimum Gasteiger partial charge on any atom is -0.325 e. The van der Waals surface area contributed by atoms with E-state index in [0.717, 1.165) is 22.0 Å². The van der Waals surface area contributed by atoms with Crippen LogP contribution in [0.5, 0.6) is 0 Å². The van der Waals surface area contributed by atoms with Gasteiger partial charge < -0.3 is 9.88 Å². The van der Waals surface area contributed by atoms with Crippen molar-refractivity contribution in [3.63, 3.8) is 0 Å². The maximum Gasteiger partial charge on any atom is 0.278 e. The van der Waals surface area contributed by atoms with E-state index in [1.165, 1.54) is 10.9 Å². The average Bonchev–Trinajstić information content (AvgIpc) is 3.11. The van der Waals surface area contributed by atoms with Crippen LogP contribution in [-0.4, -0.2) is 20.0 Å². The molecule has 2 aromatic heterocycles. The number of benzene rings is 3. The predicted molar refractivity (Wildman–Crippen MR) is 137 cm³/mol. The molecule has 2 heterocycles. The molecule has 8 heteroatoms. The Bertz CT molecular complexity index is 1600. The molecule has 0 saturated heterocycles. The lowest BCUT2D eigenvalue weighted by molar-refractivity contribution is -0.116. The second-order valence-corrected chi connectivity index (χ2v) is 8.97. The van der Waals surface area contributed by atoms with Gasteiger partial charge in [0.2, 0.25) is 5.91 Å². The molecule has 1 N–H and O–H groups in total. The third kappa shape index (κ3) is 4.18. The summed E-state index contributed by atoms with van der Waals surface area (Å²) in [7, 11) is 0. The van der Waals surface area contributed by atoms with Crippen molar-refractivity contribution in [2.75, 3.05) is 5.32 Å². The molecule has 0 aliphatic carbocycles. The summed E-state index contributed by atoms with van der Waals surface area (Å²) in [5.74, 6) is -0.261. The van der Waals surface area contributed by atoms with Gasteiger partial charge in [0.25, 0.3) is 5.56 Å². The monoisotopic (exact) mass is 490 g/mol. The molecule has 3 aromatic carbocycles. The number of anilines is 1. The number of aryl methyl sites for hydroxylation is 1. The topological polar surface area (TPSA) is 68.9 Å². The number of nitrogens with zero attached hydrogens (tertiary/aromatic N) is 3. The van der Waals surface area contributed by atoms with Crippen molar-refractivity contribution in [3.05, 3.63) is 105 Å². The predicted octanol–water partition coefficient (Wildman–Crippen LogP) is 5.65. The zero-order chi connectivity index (χ0) is 23.8. The van der Waals surface area contributed by atoms with Crippen LogP contribution in [0.15, 0.2) is 77.9 Å². The Kier molecular flexibility index (Phi) is 5.86. The van der Waals surface area contributed by atoms with Crippen molar-refractivity contribution in [1.82, 2.24) is 14.1 Å². The van der Waals surface area contributed by atoms with Crippen LogP contribution in [-0.2, 0) is 17.9 Å². The highest BCUT2D eigenvalue weighted by Crippen LogP contribution is 2.27. The standard InChI is InChI=1S/C26H20Cl2N4O2/c1-16-6-11-22-20(12-16)24-25(32(22)14-23(33)30-19-9-7-18(27)8-10-19)26(34)31(15-29-24)13-17-4-2-3-5-21(17)28/h2-12,15H,13-14H2,1H3,(H,30,33). The molecule has 170 valence electrons. The fourth-order valence-corrected chi connectivity index (χ4v) is 4.40. The summed E-state index contributed by atoms with van der Waals surface area (Å²) < 4.78 is 3.25. The molecule has 0 aliphatic rings. The van der Waals surface area contributed by atoms with Crippen LogP contribution < -0.4 is 10.9 Å². The first-order chi connectivity index (χ1) is 16.4. The van der Waals surface area contributed by atoms with E-state index in [9.17, 15) is 9.59 Å². The van der Waals surface area contributed by atoms with Gasteiger partial charge in [-0.25, -0.2) is 4.98 Å². The molecule has 0 spiro atoms. The number of rotatable bonds is 5. The van der Waals surface area contributed by atoms with Gasteiger partial charge in [0.1, 0.15) is 17.6 Å². The normalized spacial score (nSPS) is 11.3. The van der Waals surface area contributed by atoms with Gasteiger partial charge in [-0.15, -0.1) is 0 Å². The van der Waals surface area contributed by atoms with Gasteiger partial charge in [-0.05, 0) is 55.0 Å². The maximum atomic E-state index is 13.6. The molecule has 1 amide bonds. The first kappa shape index (κ1) is 22.2. The summed E-state index contributed by atoms with van der Waals surface area (Å²) >= 11 is 12.2. The van der Waals surface area contributed by atoms with E-state index < -0.39 is 0 Å². The number of hydrogen-bond acceptors (Lipinski definition) is 3. The molecule has 0 atom stereocenters. The molecule has 0 saturated carbocycles.